The minimum Gasteiger partial charge on any atom is -0.497 e. The molecule has 0 heterocycles. The normalized spacial score (nSPS) is 11.4. The summed E-state index contributed by atoms with van der Waals surface area (Å²) in [5.41, 5.74) is 0.476. The Bertz CT molecular complexity index is 472. The second kappa shape index (κ2) is 6.63. The number of nitrogens with one attached hydrogen (secondary N) is 1. The van der Waals surface area contributed by atoms with Crippen LogP contribution in [-0.4, -0.2) is 33.2 Å². The predicted molar refractivity (Wildman–Crippen MR) is 68.1 cm³/mol. The molecule has 1 rings (SSSR count). The molecule has 0 spiro atoms. The number of benzene rings is 1. The van der Waals surface area contributed by atoms with Gasteiger partial charge in [0.25, 0.3) is 0 Å². The molecule has 0 radical (unpaired) electrons. The molecule has 0 aliphatic carbocycles. The Morgan fingerprint density at radius 2 is 1.84 bits per heavy atom. The first-order chi connectivity index (χ1) is 9.03. The summed E-state index contributed by atoms with van der Waals surface area (Å²) in [6, 6.07) is 4.04. The van der Waals surface area contributed by atoms with Gasteiger partial charge in [-0.1, -0.05) is 0 Å². The van der Waals surface area contributed by atoms with E-state index >= 15 is 0 Å². The van der Waals surface area contributed by atoms with E-state index in [1.165, 1.54) is 28.3 Å². The number of hydrogen-bond acceptors (Lipinski definition) is 5. The van der Waals surface area contributed by atoms with Crippen molar-refractivity contribution in [2.45, 2.75) is 13.0 Å². The van der Waals surface area contributed by atoms with E-state index in [-0.39, 0.29) is 5.91 Å². The molecule has 6 heteroatoms. The van der Waals surface area contributed by atoms with Crippen molar-refractivity contribution >= 4 is 11.9 Å². The number of carbonyl (C=O) groups is 2. The van der Waals surface area contributed by atoms with Gasteiger partial charge in [0.15, 0.2) is 6.04 Å². The van der Waals surface area contributed by atoms with Crippen molar-refractivity contribution in [1.82, 2.24) is 5.32 Å². The van der Waals surface area contributed by atoms with E-state index in [1.807, 2.05) is 0 Å². The maximum Gasteiger partial charge on any atom is 0.333 e. The molecule has 0 aromatic heterocycles. The van der Waals surface area contributed by atoms with Crippen LogP contribution in [0.1, 0.15) is 18.5 Å². The molecular formula is C13H17NO5. The molecule has 1 N–H and O–H groups in total. The lowest BCUT2D eigenvalue weighted by Crippen LogP contribution is -2.33. The average molecular weight is 267 g/mol. The molecule has 6 nitrogen and oxygen atoms in total. The van der Waals surface area contributed by atoms with Crippen LogP contribution >= 0.6 is 0 Å². The van der Waals surface area contributed by atoms with Crippen LogP contribution in [0.2, 0.25) is 0 Å². The Morgan fingerprint density at radius 3 is 2.32 bits per heavy atom. The Morgan fingerprint density at radius 1 is 1.16 bits per heavy atom. The minimum absolute atomic E-state index is 0.347. The summed E-state index contributed by atoms with van der Waals surface area (Å²) in [5.74, 6) is 0.0852. The molecule has 0 saturated carbocycles. The SMILES string of the molecule is COC(=O)C(NC(C)=O)c1cc(OC)ccc1OC. The number of esters is 1. The predicted octanol–water partition coefficient (Wildman–Crippen LogP) is 1.05. The van der Waals surface area contributed by atoms with Gasteiger partial charge in [0.1, 0.15) is 11.5 Å². The van der Waals surface area contributed by atoms with Crippen molar-refractivity contribution in [2.75, 3.05) is 21.3 Å². The first-order valence-corrected chi connectivity index (χ1v) is 5.60. The van der Waals surface area contributed by atoms with E-state index in [2.05, 4.69) is 5.32 Å². The molecule has 104 valence electrons. The fraction of sp³-hybridized carbons (Fsp3) is 0.385. The highest BCUT2D eigenvalue weighted by Gasteiger charge is 2.26. The number of ether oxygens (including phenoxy) is 3. The van der Waals surface area contributed by atoms with Crippen molar-refractivity contribution in [2.24, 2.45) is 0 Å². The molecule has 1 amide bonds. The molecule has 0 aliphatic heterocycles. The number of rotatable bonds is 5. The largest absolute Gasteiger partial charge is 0.497 e. The number of carbonyl (C=O) groups excluding carboxylic acids is 2. The van der Waals surface area contributed by atoms with Gasteiger partial charge < -0.3 is 19.5 Å². The van der Waals surface area contributed by atoms with Gasteiger partial charge in [-0.05, 0) is 18.2 Å². The molecule has 0 saturated heterocycles. The van der Waals surface area contributed by atoms with E-state index in [4.69, 9.17) is 14.2 Å². The van der Waals surface area contributed by atoms with Crippen LogP contribution in [-0.2, 0) is 14.3 Å². The fourth-order valence-electron chi connectivity index (χ4n) is 1.65. The van der Waals surface area contributed by atoms with Gasteiger partial charge in [-0.15, -0.1) is 0 Å². The zero-order valence-corrected chi connectivity index (χ0v) is 11.4. The summed E-state index contributed by atoms with van der Waals surface area (Å²) in [5, 5.41) is 2.52. The standard InChI is InChI=1S/C13H17NO5/c1-8(15)14-12(13(16)19-4)10-7-9(17-2)5-6-11(10)18-3/h5-7,12H,1-4H3,(H,14,15). The first-order valence-electron chi connectivity index (χ1n) is 5.60. The monoisotopic (exact) mass is 267 g/mol. The highest BCUT2D eigenvalue weighted by atomic mass is 16.5. The smallest absolute Gasteiger partial charge is 0.333 e. The number of methoxy groups -OCH3 is 3. The molecule has 0 bridgehead atoms. The highest BCUT2D eigenvalue weighted by molar-refractivity contribution is 5.85. The van der Waals surface area contributed by atoms with Gasteiger partial charge in [0, 0.05) is 12.5 Å². The first kappa shape index (κ1) is 14.8. The highest BCUT2D eigenvalue weighted by Crippen LogP contribution is 2.30. The van der Waals surface area contributed by atoms with Gasteiger partial charge in [-0.3, -0.25) is 4.79 Å². The third-order valence-electron chi connectivity index (χ3n) is 2.53. The maximum absolute atomic E-state index is 11.8. The van der Waals surface area contributed by atoms with Crippen molar-refractivity contribution in [3.05, 3.63) is 23.8 Å². The summed E-state index contributed by atoms with van der Waals surface area (Å²) in [7, 11) is 4.24. The lowest BCUT2D eigenvalue weighted by Gasteiger charge is -2.19. The molecule has 1 atom stereocenters. The molecule has 0 fully saturated rings. The lowest BCUT2D eigenvalue weighted by atomic mass is 10.0. The number of amides is 1. The summed E-state index contributed by atoms with van der Waals surface area (Å²) >= 11 is 0. The van der Waals surface area contributed by atoms with Crippen molar-refractivity contribution in [1.29, 1.82) is 0 Å². The van der Waals surface area contributed by atoms with Gasteiger partial charge in [-0.25, -0.2) is 4.79 Å². The topological polar surface area (TPSA) is 73.9 Å². The van der Waals surface area contributed by atoms with Crippen molar-refractivity contribution in [3.63, 3.8) is 0 Å². The minimum atomic E-state index is -0.937. The Hall–Kier alpha value is -2.24. The second-order valence-electron chi connectivity index (χ2n) is 3.76. The summed E-state index contributed by atoms with van der Waals surface area (Å²) < 4.78 is 15.0. The molecular weight excluding hydrogens is 250 g/mol. The van der Waals surface area contributed by atoms with Crippen molar-refractivity contribution in [3.8, 4) is 11.5 Å². The van der Waals surface area contributed by atoms with Crippen molar-refractivity contribution < 1.29 is 23.8 Å². The molecule has 1 unspecified atom stereocenters. The van der Waals surface area contributed by atoms with Crippen LogP contribution in [0.3, 0.4) is 0 Å². The average Bonchev–Trinajstić information content (AvgIpc) is 2.43. The third-order valence-corrected chi connectivity index (χ3v) is 2.53. The van der Waals surface area contributed by atoms with E-state index in [1.54, 1.807) is 18.2 Å². The number of hydrogen-bond donors (Lipinski definition) is 1. The van der Waals surface area contributed by atoms with E-state index in [9.17, 15) is 9.59 Å². The van der Waals surface area contributed by atoms with E-state index in [0.717, 1.165) is 0 Å². The second-order valence-corrected chi connectivity index (χ2v) is 3.76. The van der Waals surface area contributed by atoms with Crippen LogP contribution in [0.15, 0.2) is 18.2 Å². The summed E-state index contributed by atoms with van der Waals surface area (Å²) in [6.07, 6.45) is 0. The Balaban J connectivity index is 3.25. The van der Waals surface area contributed by atoms with Gasteiger partial charge in [0.2, 0.25) is 5.91 Å². The third kappa shape index (κ3) is 3.61. The Labute approximate surface area is 111 Å². The van der Waals surface area contributed by atoms with Crippen LogP contribution in [0, 0.1) is 0 Å². The molecule has 0 aliphatic rings. The zero-order valence-electron chi connectivity index (χ0n) is 11.4. The van der Waals surface area contributed by atoms with Gasteiger partial charge in [0.05, 0.1) is 21.3 Å². The van der Waals surface area contributed by atoms with Crippen LogP contribution in [0.25, 0.3) is 0 Å². The summed E-state index contributed by atoms with van der Waals surface area (Å²) in [6.45, 7) is 1.32. The summed E-state index contributed by atoms with van der Waals surface area (Å²) in [4.78, 5) is 23.0. The lowest BCUT2D eigenvalue weighted by molar-refractivity contribution is -0.145. The zero-order chi connectivity index (χ0) is 14.4. The molecule has 1 aromatic rings. The van der Waals surface area contributed by atoms with Crippen LogP contribution < -0.4 is 14.8 Å². The van der Waals surface area contributed by atoms with Gasteiger partial charge >= 0.3 is 5.97 Å². The van der Waals surface area contributed by atoms with Crippen LogP contribution in [0.4, 0.5) is 0 Å². The van der Waals surface area contributed by atoms with Crippen LogP contribution in [0.5, 0.6) is 11.5 Å². The molecule has 19 heavy (non-hydrogen) atoms. The van der Waals surface area contributed by atoms with E-state index < -0.39 is 12.0 Å². The molecule has 1 aromatic carbocycles. The Kier molecular flexibility index (Phi) is 5.17. The van der Waals surface area contributed by atoms with E-state index in [0.29, 0.717) is 17.1 Å². The quantitative estimate of drug-likeness (QED) is 0.807. The fourth-order valence-corrected chi connectivity index (χ4v) is 1.65. The van der Waals surface area contributed by atoms with Gasteiger partial charge in [-0.2, -0.15) is 0 Å². The maximum atomic E-state index is 11.8.